The van der Waals surface area contributed by atoms with Gasteiger partial charge in [-0.05, 0) is 17.7 Å². The first-order chi connectivity index (χ1) is 7.97. The van der Waals surface area contributed by atoms with Gasteiger partial charge in [0.1, 0.15) is 0 Å². The van der Waals surface area contributed by atoms with E-state index in [9.17, 15) is 0 Å². The summed E-state index contributed by atoms with van der Waals surface area (Å²) in [6.45, 7) is 7.43. The molecule has 1 aromatic heterocycles. The van der Waals surface area contributed by atoms with E-state index in [0.717, 1.165) is 12.2 Å². The maximum Gasteiger partial charge on any atom is 0.0951 e. The molecule has 0 aliphatic carbocycles. The van der Waals surface area contributed by atoms with Gasteiger partial charge in [0.15, 0.2) is 0 Å². The summed E-state index contributed by atoms with van der Waals surface area (Å²) in [5.41, 5.74) is 9.08. The molecule has 0 bridgehead atoms. The van der Waals surface area contributed by atoms with Crippen LogP contribution in [0.4, 0.5) is 5.69 Å². The molecule has 0 aliphatic heterocycles. The van der Waals surface area contributed by atoms with Crippen LogP contribution in [-0.4, -0.2) is 9.55 Å². The van der Waals surface area contributed by atoms with E-state index in [4.69, 9.17) is 5.73 Å². The lowest BCUT2D eigenvalue weighted by atomic mass is 9.92. The Hall–Kier alpha value is -1.77. The fourth-order valence-corrected chi connectivity index (χ4v) is 1.89. The number of aromatic nitrogens is 2. The summed E-state index contributed by atoms with van der Waals surface area (Å²) in [6.07, 6.45) is 3.83. The Kier molecular flexibility index (Phi) is 2.92. The average molecular weight is 229 g/mol. The lowest BCUT2D eigenvalue weighted by molar-refractivity contribution is 0.531. The van der Waals surface area contributed by atoms with Crippen molar-refractivity contribution >= 4 is 5.69 Å². The summed E-state index contributed by atoms with van der Waals surface area (Å²) in [5.74, 6) is 0. The van der Waals surface area contributed by atoms with Crippen LogP contribution in [-0.2, 0) is 12.0 Å². The highest BCUT2D eigenvalue weighted by molar-refractivity contribution is 5.39. The van der Waals surface area contributed by atoms with Crippen molar-refractivity contribution in [3.05, 3.63) is 48.0 Å². The summed E-state index contributed by atoms with van der Waals surface area (Å²) < 4.78 is 2.19. The molecule has 0 aliphatic rings. The molecule has 3 heteroatoms. The molecular weight excluding hydrogens is 210 g/mol. The molecule has 0 saturated carbocycles. The standard InChI is InChI=1S/C14H19N3/c1-14(2,3)13-8-16-10-17(13)9-11-4-6-12(15)7-5-11/h4-8,10H,9,15H2,1-3H3. The highest BCUT2D eigenvalue weighted by Crippen LogP contribution is 2.22. The third-order valence-electron chi connectivity index (χ3n) is 2.81. The lowest BCUT2D eigenvalue weighted by Gasteiger charge is -2.20. The van der Waals surface area contributed by atoms with E-state index in [0.29, 0.717) is 0 Å². The molecule has 2 rings (SSSR count). The molecule has 0 spiro atoms. The van der Waals surface area contributed by atoms with E-state index < -0.39 is 0 Å². The van der Waals surface area contributed by atoms with Crippen molar-refractivity contribution in [3.8, 4) is 0 Å². The van der Waals surface area contributed by atoms with E-state index >= 15 is 0 Å². The Morgan fingerprint density at radius 1 is 1.18 bits per heavy atom. The van der Waals surface area contributed by atoms with Gasteiger partial charge in [-0.1, -0.05) is 32.9 Å². The fourth-order valence-electron chi connectivity index (χ4n) is 1.89. The Morgan fingerprint density at radius 3 is 2.41 bits per heavy atom. The first kappa shape index (κ1) is 11.7. The first-order valence-corrected chi connectivity index (χ1v) is 5.82. The van der Waals surface area contributed by atoms with E-state index in [1.807, 2.05) is 24.7 Å². The number of benzene rings is 1. The number of anilines is 1. The van der Waals surface area contributed by atoms with Crippen molar-refractivity contribution in [2.75, 3.05) is 5.73 Å². The quantitative estimate of drug-likeness (QED) is 0.805. The first-order valence-electron chi connectivity index (χ1n) is 5.82. The highest BCUT2D eigenvalue weighted by atomic mass is 15.0. The fraction of sp³-hybridized carbons (Fsp3) is 0.357. The van der Waals surface area contributed by atoms with Crippen molar-refractivity contribution in [2.24, 2.45) is 0 Å². The van der Waals surface area contributed by atoms with Crippen LogP contribution in [0.5, 0.6) is 0 Å². The maximum absolute atomic E-state index is 5.68. The maximum atomic E-state index is 5.68. The third kappa shape index (κ3) is 2.67. The number of nitrogens with two attached hydrogens (primary N) is 1. The van der Waals surface area contributed by atoms with Gasteiger partial charge in [0.05, 0.1) is 6.33 Å². The number of rotatable bonds is 2. The van der Waals surface area contributed by atoms with Crippen LogP contribution < -0.4 is 5.73 Å². The van der Waals surface area contributed by atoms with Gasteiger partial charge in [-0.3, -0.25) is 0 Å². The van der Waals surface area contributed by atoms with Crippen LogP contribution in [0.3, 0.4) is 0 Å². The Labute approximate surface area is 102 Å². The van der Waals surface area contributed by atoms with Crippen LogP contribution in [0.1, 0.15) is 32.0 Å². The number of hydrogen-bond acceptors (Lipinski definition) is 2. The van der Waals surface area contributed by atoms with Crippen molar-refractivity contribution in [1.82, 2.24) is 9.55 Å². The van der Waals surface area contributed by atoms with Gasteiger partial charge in [0.2, 0.25) is 0 Å². The zero-order chi connectivity index (χ0) is 12.5. The van der Waals surface area contributed by atoms with Gasteiger partial charge < -0.3 is 10.3 Å². The van der Waals surface area contributed by atoms with Crippen molar-refractivity contribution in [2.45, 2.75) is 32.7 Å². The van der Waals surface area contributed by atoms with Crippen molar-refractivity contribution in [3.63, 3.8) is 0 Å². The molecule has 2 N–H and O–H groups in total. The molecule has 1 heterocycles. The van der Waals surface area contributed by atoms with Gasteiger partial charge in [-0.15, -0.1) is 0 Å². The van der Waals surface area contributed by atoms with E-state index in [-0.39, 0.29) is 5.41 Å². The SMILES string of the molecule is CC(C)(C)c1cncn1Cc1ccc(N)cc1. The van der Waals surface area contributed by atoms with E-state index in [1.54, 1.807) is 0 Å². The second-order valence-electron chi connectivity index (χ2n) is 5.40. The van der Waals surface area contributed by atoms with Gasteiger partial charge in [0, 0.05) is 29.5 Å². The zero-order valence-corrected chi connectivity index (χ0v) is 10.6. The largest absolute Gasteiger partial charge is 0.399 e. The predicted octanol–water partition coefficient (Wildman–Crippen LogP) is 2.81. The second kappa shape index (κ2) is 4.24. The summed E-state index contributed by atoms with van der Waals surface area (Å²) >= 11 is 0. The normalized spacial score (nSPS) is 11.7. The molecule has 0 saturated heterocycles. The van der Waals surface area contributed by atoms with Crippen LogP contribution in [0.15, 0.2) is 36.8 Å². The molecule has 0 atom stereocenters. The molecule has 17 heavy (non-hydrogen) atoms. The smallest absolute Gasteiger partial charge is 0.0951 e. The molecule has 90 valence electrons. The van der Waals surface area contributed by atoms with Crippen LogP contribution >= 0.6 is 0 Å². The Balaban J connectivity index is 2.25. The van der Waals surface area contributed by atoms with E-state index in [1.165, 1.54) is 11.3 Å². The van der Waals surface area contributed by atoms with Crippen LogP contribution in [0.25, 0.3) is 0 Å². The Morgan fingerprint density at radius 2 is 1.82 bits per heavy atom. The Bertz CT molecular complexity index is 489. The summed E-state index contributed by atoms with van der Waals surface area (Å²) in [6, 6.07) is 7.98. The van der Waals surface area contributed by atoms with Crippen molar-refractivity contribution in [1.29, 1.82) is 0 Å². The summed E-state index contributed by atoms with van der Waals surface area (Å²) in [4.78, 5) is 4.24. The van der Waals surface area contributed by atoms with Crippen LogP contribution in [0, 0.1) is 0 Å². The molecule has 0 fully saturated rings. The topological polar surface area (TPSA) is 43.8 Å². The van der Waals surface area contributed by atoms with Gasteiger partial charge in [0.25, 0.3) is 0 Å². The number of imidazole rings is 1. The van der Waals surface area contributed by atoms with Crippen LogP contribution in [0.2, 0.25) is 0 Å². The highest BCUT2D eigenvalue weighted by Gasteiger charge is 2.18. The van der Waals surface area contributed by atoms with Gasteiger partial charge in [-0.2, -0.15) is 0 Å². The summed E-state index contributed by atoms with van der Waals surface area (Å²) in [5, 5.41) is 0. The lowest BCUT2D eigenvalue weighted by Crippen LogP contribution is -2.17. The van der Waals surface area contributed by atoms with Gasteiger partial charge in [-0.25, -0.2) is 4.98 Å². The molecule has 3 nitrogen and oxygen atoms in total. The van der Waals surface area contributed by atoms with Crippen molar-refractivity contribution < 1.29 is 0 Å². The third-order valence-corrected chi connectivity index (χ3v) is 2.81. The monoisotopic (exact) mass is 229 g/mol. The second-order valence-corrected chi connectivity index (χ2v) is 5.40. The molecular formula is C14H19N3. The molecule has 0 unspecified atom stereocenters. The summed E-state index contributed by atoms with van der Waals surface area (Å²) in [7, 11) is 0. The molecule has 2 aromatic rings. The predicted molar refractivity (Wildman–Crippen MR) is 70.9 cm³/mol. The molecule has 1 aromatic carbocycles. The minimum atomic E-state index is 0.115. The number of nitrogens with zero attached hydrogens (tertiary/aromatic N) is 2. The minimum Gasteiger partial charge on any atom is -0.399 e. The number of nitrogen functional groups attached to an aromatic ring is 1. The zero-order valence-electron chi connectivity index (χ0n) is 10.6. The number of hydrogen-bond donors (Lipinski definition) is 1. The molecule has 0 radical (unpaired) electrons. The average Bonchev–Trinajstić information content (AvgIpc) is 2.69. The minimum absolute atomic E-state index is 0.115. The van der Waals surface area contributed by atoms with Gasteiger partial charge >= 0.3 is 0 Å². The molecule has 0 amide bonds. The van der Waals surface area contributed by atoms with E-state index in [2.05, 4.69) is 42.5 Å².